The summed E-state index contributed by atoms with van der Waals surface area (Å²) in [5, 5.41) is 3.45. The number of anilines is 1. The average Bonchev–Trinajstić information content (AvgIpc) is 2.90. The van der Waals surface area contributed by atoms with Crippen molar-refractivity contribution in [2.24, 2.45) is 0 Å². The van der Waals surface area contributed by atoms with Crippen molar-refractivity contribution in [1.82, 2.24) is 0 Å². The second-order valence-electron chi connectivity index (χ2n) is 5.50. The van der Waals surface area contributed by atoms with Crippen LogP contribution in [0.25, 0.3) is 0 Å². The summed E-state index contributed by atoms with van der Waals surface area (Å²) in [7, 11) is 1.68. The van der Waals surface area contributed by atoms with Gasteiger partial charge in [0.25, 0.3) is 0 Å². The second-order valence-corrected chi connectivity index (χ2v) is 5.50. The van der Waals surface area contributed by atoms with E-state index in [4.69, 9.17) is 4.74 Å². The third kappa shape index (κ3) is 4.13. The molecule has 23 heavy (non-hydrogen) atoms. The molecule has 0 saturated heterocycles. The van der Waals surface area contributed by atoms with E-state index in [0.717, 1.165) is 18.0 Å². The molecule has 2 nitrogen and oxygen atoms in total. The highest BCUT2D eigenvalue weighted by Gasteiger charge is 2.04. The Morgan fingerprint density at radius 3 is 2.09 bits per heavy atom. The van der Waals surface area contributed by atoms with Gasteiger partial charge in [-0.3, -0.25) is 0 Å². The summed E-state index contributed by atoms with van der Waals surface area (Å²) in [4.78, 5) is 0. The van der Waals surface area contributed by atoms with Crippen molar-refractivity contribution in [1.29, 1.82) is 0 Å². The maximum atomic E-state index is 5.18. The van der Waals surface area contributed by atoms with Crippen LogP contribution in [0.1, 0.15) is 17.0 Å². The zero-order valence-corrected chi connectivity index (χ0v) is 13.3. The third-order valence-electron chi connectivity index (χ3n) is 3.92. The Labute approximate surface area is 137 Å². The molecule has 0 bridgehead atoms. The molecule has 1 aliphatic carbocycles. The van der Waals surface area contributed by atoms with Crippen molar-refractivity contribution in [3.05, 3.63) is 96.1 Å². The minimum absolute atomic E-state index is 0.348. The van der Waals surface area contributed by atoms with Gasteiger partial charge in [-0.05, 0) is 35.4 Å². The van der Waals surface area contributed by atoms with Crippen LogP contribution >= 0.6 is 0 Å². The van der Waals surface area contributed by atoms with Gasteiger partial charge in [-0.15, -0.1) is 0 Å². The number of benzene rings is 2. The molecule has 0 aromatic heterocycles. The molecule has 0 radical (unpaired) electrons. The molecular weight excluding hydrogens is 282 g/mol. The molecule has 0 heterocycles. The Bertz CT molecular complexity index is 693. The van der Waals surface area contributed by atoms with Gasteiger partial charge in [-0.1, -0.05) is 60.7 Å². The molecule has 2 heteroatoms. The molecule has 0 amide bonds. The van der Waals surface area contributed by atoms with Gasteiger partial charge >= 0.3 is 0 Å². The lowest BCUT2D eigenvalue weighted by molar-refractivity contribution is 0.414. The number of allylic oxidation sites excluding steroid dienone is 6. The first-order chi connectivity index (χ1) is 11.3. The van der Waals surface area contributed by atoms with E-state index in [0.29, 0.717) is 5.92 Å². The van der Waals surface area contributed by atoms with E-state index in [2.05, 4.69) is 78.2 Å². The fourth-order valence-electron chi connectivity index (χ4n) is 2.55. The summed E-state index contributed by atoms with van der Waals surface area (Å²) in [5.41, 5.74) is 3.66. The molecular formula is C21H21NO. The van der Waals surface area contributed by atoms with Gasteiger partial charge in [0.1, 0.15) is 5.75 Å². The van der Waals surface area contributed by atoms with Crippen LogP contribution in [0.2, 0.25) is 0 Å². The molecule has 1 N–H and O–H groups in total. The van der Waals surface area contributed by atoms with Crippen molar-refractivity contribution in [2.75, 3.05) is 12.4 Å². The van der Waals surface area contributed by atoms with Crippen molar-refractivity contribution < 1.29 is 4.74 Å². The van der Waals surface area contributed by atoms with Crippen LogP contribution in [0.4, 0.5) is 5.69 Å². The maximum absolute atomic E-state index is 5.18. The van der Waals surface area contributed by atoms with E-state index < -0.39 is 0 Å². The Hall–Kier alpha value is -2.74. The van der Waals surface area contributed by atoms with Gasteiger partial charge < -0.3 is 10.1 Å². The molecule has 0 unspecified atom stereocenters. The zero-order chi connectivity index (χ0) is 15.9. The molecule has 0 fully saturated rings. The lowest BCUT2D eigenvalue weighted by atomic mass is 9.98. The summed E-state index contributed by atoms with van der Waals surface area (Å²) in [5.74, 6) is 1.23. The van der Waals surface area contributed by atoms with Crippen molar-refractivity contribution in [2.45, 2.75) is 12.5 Å². The fourth-order valence-corrected chi connectivity index (χ4v) is 2.55. The minimum Gasteiger partial charge on any atom is -0.497 e. The average molecular weight is 303 g/mol. The number of hydrogen-bond acceptors (Lipinski definition) is 2. The normalized spacial score (nSPS) is 13.8. The Morgan fingerprint density at radius 1 is 0.826 bits per heavy atom. The Kier molecular flexibility index (Phi) is 4.95. The topological polar surface area (TPSA) is 21.3 Å². The monoisotopic (exact) mass is 303 g/mol. The summed E-state index contributed by atoms with van der Waals surface area (Å²) >= 11 is 0. The lowest BCUT2D eigenvalue weighted by Gasteiger charge is -2.11. The van der Waals surface area contributed by atoms with E-state index in [1.54, 1.807) is 7.11 Å². The lowest BCUT2D eigenvalue weighted by Crippen LogP contribution is -2.00. The molecule has 0 saturated carbocycles. The number of ether oxygens (including phenoxy) is 1. The Balaban J connectivity index is 1.60. The summed E-state index contributed by atoms with van der Waals surface area (Å²) in [6, 6.07) is 16.8. The van der Waals surface area contributed by atoms with Crippen LogP contribution in [-0.4, -0.2) is 7.11 Å². The van der Waals surface area contributed by atoms with Crippen LogP contribution in [0.3, 0.4) is 0 Å². The quantitative estimate of drug-likeness (QED) is 0.832. The third-order valence-corrected chi connectivity index (χ3v) is 3.92. The van der Waals surface area contributed by atoms with Gasteiger partial charge in [-0.25, -0.2) is 0 Å². The standard InChI is InChI=1S/C21H21NO/c1-23-21-14-8-17(9-15-21)16-22-20-12-10-19(11-13-20)18-6-4-2-3-5-7-18/h2-15,18,22H,16H2,1H3. The Morgan fingerprint density at radius 2 is 1.48 bits per heavy atom. The molecule has 0 atom stereocenters. The van der Waals surface area contributed by atoms with E-state index in [1.165, 1.54) is 11.1 Å². The first-order valence-electron chi connectivity index (χ1n) is 7.83. The highest BCUT2D eigenvalue weighted by atomic mass is 16.5. The summed E-state index contributed by atoms with van der Waals surface area (Å²) in [6.45, 7) is 0.802. The van der Waals surface area contributed by atoms with Crippen LogP contribution < -0.4 is 10.1 Å². The zero-order valence-electron chi connectivity index (χ0n) is 13.3. The second kappa shape index (κ2) is 7.50. The molecule has 1 aliphatic rings. The number of methoxy groups -OCH3 is 1. The van der Waals surface area contributed by atoms with E-state index in [9.17, 15) is 0 Å². The minimum atomic E-state index is 0.348. The van der Waals surface area contributed by atoms with E-state index in [-0.39, 0.29) is 0 Å². The number of rotatable bonds is 5. The largest absolute Gasteiger partial charge is 0.497 e. The summed E-state index contributed by atoms with van der Waals surface area (Å²) < 4.78 is 5.18. The molecule has 0 spiro atoms. The van der Waals surface area contributed by atoms with Gasteiger partial charge in [0.2, 0.25) is 0 Å². The molecule has 0 aliphatic heterocycles. The van der Waals surface area contributed by atoms with Crippen molar-refractivity contribution >= 4 is 5.69 Å². The first kappa shape index (κ1) is 15.2. The van der Waals surface area contributed by atoms with Crippen molar-refractivity contribution in [3.63, 3.8) is 0 Å². The van der Waals surface area contributed by atoms with Gasteiger partial charge in [0, 0.05) is 18.2 Å². The van der Waals surface area contributed by atoms with Crippen LogP contribution in [-0.2, 0) is 6.54 Å². The van der Waals surface area contributed by atoms with Gasteiger partial charge in [0.15, 0.2) is 0 Å². The molecule has 2 aromatic rings. The van der Waals surface area contributed by atoms with Crippen LogP contribution in [0, 0.1) is 0 Å². The highest BCUT2D eigenvalue weighted by molar-refractivity contribution is 5.47. The number of nitrogens with one attached hydrogen (secondary N) is 1. The van der Waals surface area contributed by atoms with E-state index in [1.807, 2.05) is 12.1 Å². The predicted molar refractivity (Wildman–Crippen MR) is 96.9 cm³/mol. The highest BCUT2D eigenvalue weighted by Crippen LogP contribution is 2.22. The van der Waals surface area contributed by atoms with Gasteiger partial charge in [0.05, 0.1) is 7.11 Å². The predicted octanol–water partition coefficient (Wildman–Crippen LogP) is 5.07. The van der Waals surface area contributed by atoms with Crippen LogP contribution in [0.5, 0.6) is 5.75 Å². The van der Waals surface area contributed by atoms with Crippen LogP contribution in [0.15, 0.2) is 85.0 Å². The molecule has 116 valence electrons. The van der Waals surface area contributed by atoms with Crippen molar-refractivity contribution in [3.8, 4) is 5.75 Å². The van der Waals surface area contributed by atoms with Gasteiger partial charge in [-0.2, -0.15) is 0 Å². The SMILES string of the molecule is COc1ccc(CNc2ccc(C3C=CC=CC=C3)cc2)cc1. The number of hydrogen-bond donors (Lipinski definition) is 1. The maximum Gasteiger partial charge on any atom is 0.118 e. The summed E-state index contributed by atoms with van der Waals surface area (Å²) in [6.07, 6.45) is 12.7. The first-order valence-corrected chi connectivity index (χ1v) is 7.83. The van der Waals surface area contributed by atoms with E-state index >= 15 is 0 Å². The smallest absolute Gasteiger partial charge is 0.118 e. The fraction of sp³-hybridized carbons (Fsp3) is 0.143. The molecule has 2 aromatic carbocycles. The molecule has 3 rings (SSSR count).